The van der Waals surface area contributed by atoms with E-state index >= 15 is 0 Å². The van der Waals surface area contributed by atoms with Crippen molar-refractivity contribution in [3.05, 3.63) is 45.9 Å². The van der Waals surface area contributed by atoms with Crippen LogP contribution in [0.1, 0.15) is 40.0 Å². The Morgan fingerprint density at radius 1 is 1.13 bits per heavy atom. The average molecular weight is 333 g/mol. The zero-order chi connectivity index (χ0) is 17.8. The van der Waals surface area contributed by atoms with E-state index in [9.17, 15) is 14.7 Å². The minimum absolute atomic E-state index is 0.221. The topological polar surface area (TPSA) is 54.4 Å². The lowest BCUT2D eigenvalue weighted by Gasteiger charge is -2.23. The molecule has 0 aromatic rings. The predicted molar refractivity (Wildman–Crippen MR) is 98.1 cm³/mol. The van der Waals surface area contributed by atoms with Crippen molar-refractivity contribution in [2.45, 2.75) is 59.7 Å². The van der Waals surface area contributed by atoms with E-state index in [1.807, 2.05) is 32.6 Å². The molecule has 1 aliphatic rings. The fraction of sp³-hybridized carbons (Fsp3) is 0.474. The number of aliphatic hydroxyl groups excluding tert-OH is 1. The fourth-order valence-electron chi connectivity index (χ4n) is 2.39. The number of allylic oxidation sites excluding steroid dienone is 7. The summed E-state index contributed by atoms with van der Waals surface area (Å²) in [6, 6.07) is 0. The van der Waals surface area contributed by atoms with Gasteiger partial charge in [-0.05, 0) is 51.3 Å². The highest BCUT2D eigenvalue weighted by Gasteiger charge is 2.34. The smallest absolute Gasteiger partial charge is 0.219 e. The first-order valence-corrected chi connectivity index (χ1v) is 11.6. The highest BCUT2D eigenvalue weighted by atomic mass is 28.3. The van der Waals surface area contributed by atoms with E-state index in [-0.39, 0.29) is 22.9 Å². The van der Waals surface area contributed by atoms with Gasteiger partial charge in [0.25, 0.3) is 0 Å². The number of carbonyl (C=O) groups is 2. The normalized spacial score (nSPS) is 16.6. The maximum Gasteiger partial charge on any atom is 0.219 e. The van der Waals surface area contributed by atoms with Crippen LogP contribution in [0.4, 0.5) is 0 Å². The van der Waals surface area contributed by atoms with Gasteiger partial charge in [0.2, 0.25) is 5.78 Å². The zero-order valence-corrected chi connectivity index (χ0v) is 16.1. The SMILES string of the molecule is CC(C)=CCC/C(C)=C/CC1=C(O)C(=O)C([Si](C)(C)C)=CC1=O. The first-order valence-electron chi connectivity index (χ1n) is 8.06. The number of hydrogen-bond acceptors (Lipinski definition) is 3. The molecule has 1 rings (SSSR count). The summed E-state index contributed by atoms with van der Waals surface area (Å²) in [4.78, 5) is 24.6. The molecule has 23 heavy (non-hydrogen) atoms. The molecule has 0 saturated carbocycles. The first kappa shape index (κ1) is 19.4. The molecule has 0 spiro atoms. The number of Topliss-reactive ketones (excluding diaryl/α,β-unsaturated/α-hetero) is 1. The van der Waals surface area contributed by atoms with Gasteiger partial charge in [0.15, 0.2) is 11.5 Å². The highest BCUT2D eigenvalue weighted by molar-refractivity contribution is 6.88. The summed E-state index contributed by atoms with van der Waals surface area (Å²) < 4.78 is 0. The Labute approximate surface area is 140 Å². The van der Waals surface area contributed by atoms with E-state index in [1.165, 1.54) is 11.6 Å². The lowest BCUT2D eigenvalue weighted by Crippen LogP contribution is -2.34. The van der Waals surface area contributed by atoms with E-state index in [0.29, 0.717) is 11.6 Å². The molecule has 0 aliphatic heterocycles. The standard InChI is InChI=1S/C19H28O3Si/c1-13(2)8-7-9-14(3)10-11-15-16(20)12-17(23(4,5)6)19(22)18(15)21/h8,10,12,21H,7,9,11H2,1-6H3/b14-10+. The Morgan fingerprint density at radius 3 is 2.26 bits per heavy atom. The number of ketones is 2. The average Bonchev–Trinajstić information content (AvgIpc) is 2.41. The van der Waals surface area contributed by atoms with Crippen molar-refractivity contribution in [3.63, 3.8) is 0 Å². The molecule has 0 aromatic carbocycles. The molecule has 0 bridgehead atoms. The van der Waals surface area contributed by atoms with Crippen LogP contribution in [-0.2, 0) is 9.59 Å². The summed E-state index contributed by atoms with van der Waals surface area (Å²) in [5, 5.41) is 10.7. The van der Waals surface area contributed by atoms with Gasteiger partial charge in [0, 0.05) is 5.57 Å². The van der Waals surface area contributed by atoms with E-state index in [1.54, 1.807) is 0 Å². The Bertz CT molecular complexity index is 621. The molecule has 0 fully saturated rings. The van der Waals surface area contributed by atoms with Crippen LogP contribution in [0.15, 0.2) is 45.9 Å². The van der Waals surface area contributed by atoms with Gasteiger partial charge in [0.05, 0.1) is 8.07 Å². The number of rotatable bonds is 6. The second-order valence-corrected chi connectivity index (χ2v) is 12.4. The predicted octanol–water partition coefficient (Wildman–Crippen LogP) is 4.84. The van der Waals surface area contributed by atoms with Crippen molar-refractivity contribution >= 4 is 19.6 Å². The lowest BCUT2D eigenvalue weighted by atomic mass is 9.97. The van der Waals surface area contributed by atoms with Gasteiger partial charge >= 0.3 is 0 Å². The van der Waals surface area contributed by atoms with Crippen molar-refractivity contribution in [1.29, 1.82) is 0 Å². The summed E-state index contributed by atoms with van der Waals surface area (Å²) >= 11 is 0. The van der Waals surface area contributed by atoms with E-state index in [2.05, 4.69) is 19.9 Å². The van der Waals surface area contributed by atoms with Crippen LogP contribution in [0.25, 0.3) is 0 Å². The Morgan fingerprint density at radius 2 is 1.74 bits per heavy atom. The monoisotopic (exact) mass is 332 g/mol. The van der Waals surface area contributed by atoms with Gasteiger partial charge in [-0.2, -0.15) is 0 Å². The summed E-state index contributed by atoms with van der Waals surface area (Å²) in [6.07, 6.45) is 7.73. The van der Waals surface area contributed by atoms with Gasteiger partial charge in [0.1, 0.15) is 0 Å². The molecule has 0 aromatic heterocycles. The van der Waals surface area contributed by atoms with E-state index in [4.69, 9.17) is 0 Å². The van der Waals surface area contributed by atoms with Crippen molar-refractivity contribution in [2.24, 2.45) is 0 Å². The summed E-state index contributed by atoms with van der Waals surface area (Å²) in [5.74, 6) is -0.953. The minimum Gasteiger partial charge on any atom is -0.504 e. The minimum atomic E-state index is -1.93. The fourth-order valence-corrected chi connectivity index (χ4v) is 3.75. The molecule has 0 radical (unpaired) electrons. The third-order valence-electron chi connectivity index (χ3n) is 3.87. The van der Waals surface area contributed by atoms with Crippen molar-refractivity contribution < 1.29 is 14.7 Å². The Kier molecular flexibility index (Phi) is 6.51. The van der Waals surface area contributed by atoms with Crippen LogP contribution in [0, 0.1) is 0 Å². The first-order chi connectivity index (χ1) is 10.5. The molecule has 0 atom stereocenters. The van der Waals surface area contributed by atoms with Crippen LogP contribution in [0.3, 0.4) is 0 Å². The van der Waals surface area contributed by atoms with Crippen molar-refractivity contribution in [3.8, 4) is 0 Å². The zero-order valence-electron chi connectivity index (χ0n) is 15.1. The Balaban J connectivity index is 2.86. The van der Waals surface area contributed by atoms with Crippen LogP contribution >= 0.6 is 0 Å². The number of hydrogen-bond donors (Lipinski definition) is 1. The molecule has 0 unspecified atom stereocenters. The van der Waals surface area contributed by atoms with Gasteiger partial charge in [-0.25, -0.2) is 0 Å². The second-order valence-electron chi connectivity index (χ2n) is 7.40. The molecule has 126 valence electrons. The summed E-state index contributed by atoms with van der Waals surface area (Å²) in [7, 11) is -1.93. The second kappa shape index (κ2) is 7.73. The van der Waals surface area contributed by atoms with Gasteiger partial charge in [-0.15, -0.1) is 0 Å². The van der Waals surface area contributed by atoms with Crippen molar-refractivity contribution in [2.75, 3.05) is 0 Å². The maximum atomic E-state index is 12.3. The molecule has 0 heterocycles. The van der Waals surface area contributed by atoms with Crippen LogP contribution < -0.4 is 0 Å². The van der Waals surface area contributed by atoms with E-state index < -0.39 is 8.07 Å². The summed E-state index contributed by atoms with van der Waals surface area (Å²) in [6.45, 7) is 12.1. The van der Waals surface area contributed by atoms with Gasteiger partial charge < -0.3 is 5.11 Å². The van der Waals surface area contributed by atoms with Crippen LogP contribution in [-0.4, -0.2) is 24.7 Å². The quantitative estimate of drug-likeness (QED) is 0.430. The molecule has 1 aliphatic carbocycles. The number of aliphatic hydroxyl groups is 1. The summed E-state index contributed by atoms with van der Waals surface area (Å²) in [5.41, 5.74) is 2.66. The largest absolute Gasteiger partial charge is 0.504 e. The molecule has 0 amide bonds. The third-order valence-corrected chi connectivity index (χ3v) is 5.86. The number of carbonyl (C=O) groups excluding carboxylic acids is 2. The molecule has 4 heteroatoms. The van der Waals surface area contributed by atoms with Crippen molar-refractivity contribution in [1.82, 2.24) is 0 Å². The van der Waals surface area contributed by atoms with Crippen LogP contribution in [0.5, 0.6) is 0 Å². The molecule has 3 nitrogen and oxygen atoms in total. The van der Waals surface area contributed by atoms with Crippen LogP contribution in [0.2, 0.25) is 19.6 Å². The lowest BCUT2D eigenvalue weighted by molar-refractivity contribution is -0.117. The molecule has 1 N–H and O–H groups in total. The molecule has 0 saturated heterocycles. The van der Waals surface area contributed by atoms with E-state index in [0.717, 1.165) is 18.4 Å². The van der Waals surface area contributed by atoms with Gasteiger partial charge in [-0.1, -0.05) is 42.9 Å². The maximum absolute atomic E-state index is 12.3. The van der Waals surface area contributed by atoms with Gasteiger partial charge in [-0.3, -0.25) is 9.59 Å². The highest BCUT2D eigenvalue weighted by Crippen LogP contribution is 2.27. The molecular formula is C19H28O3Si. The molecular weight excluding hydrogens is 304 g/mol. The third kappa shape index (κ3) is 5.47. The Hall–Kier alpha value is -1.68.